The number of amides is 1. The molecular weight excluding hydrogens is 470 g/mol. The number of nitrogens with zero attached hydrogens (tertiary/aromatic N) is 2. The molecule has 8 heteroatoms. The van der Waals surface area contributed by atoms with Crippen LogP contribution in [0, 0.1) is 20.8 Å². The second-order valence-corrected chi connectivity index (χ2v) is 10.8. The van der Waals surface area contributed by atoms with Crippen molar-refractivity contribution in [3.8, 4) is 17.2 Å². The first kappa shape index (κ1) is 27.0. The first-order valence-electron chi connectivity index (χ1n) is 13.3. The normalized spacial score (nSPS) is 19.4. The summed E-state index contributed by atoms with van der Waals surface area (Å²) in [4.78, 5) is 33.2. The Morgan fingerprint density at radius 2 is 1.84 bits per heavy atom. The highest BCUT2D eigenvalue weighted by atomic mass is 16.7. The molecule has 3 heterocycles. The number of methoxy groups -OCH3 is 1. The number of fused-ring (bicyclic) bond motifs is 2. The molecule has 2 atom stereocenters. The van der Waals surface area contributed by atoms with Crippen molar-refractivity contribution in [3.63, 3.8) is 0 Å². The number of aromatic nitrogens is 1. The molecule has 0 bridgehead atoms. The smallest absolute Gasteiger partial charge is 0.256 e. The number of carbonyl (C=O) groups excluding carboxylic acids is 1. The number of rotatable bonds is 9. The van der Waals surface area contributed by atoms with E-state index in [1.807, 2.05) is 27.7 Å². The van der Waals surface area contributed by atoms with E-state index in [0.29, 0.717) is 41.6 Å². The van der Waals surface area contributed by atoms with Crippen LogP contribution in [0.4, 0.5) is 0 Å². The van der Waals surface area contributed by atoms with E-state index in [2.05, 4.69) is 30.9 Å². The molecule has 37 heavy (non-hydrogen) atoms. The van der Waals surface area contributed by atoms with E-state index in [1.54, 1.807) is 18.1 Å². The standard InChI is InChI=1S/C29H41N3O5/c1-9-20(31(6)7)11-10-13-29(5)36-25-18(3)21-12-14-32(28(34)24(21)19(4)26(25)37-29)16-22-23(35-8)15-17(2)30-27(22)33/h15,20H,9-14,16H2,1-8H3,(H,30,33). The van der Waals surface area contributed by atoms with Gasteiger partial charge in [0.1, 0.15) is 5.75 Å². The van der Waals surface area contributed by atoms with E-state index < -0.39 is 5.79 Å². The molecule has 0 aliphatic carbocycles. The number of benzene rings is 1. The Kier molecular flexibility index (Phi) is 7.60. The van der Waals surface area contributed by atoms with Gasteiger partial charge in [-0.05, 0) is 77.7 Å². The predicted octanol–water partition coefficient (Wildman–Crippen LogP) is 4.51. The van der Waals surface area contributed by atoms with Gasteiger partial charge in [-0.15, -0.1) is 0 Å². The van der Waals surface area contributed by atoms with E-state index in [-0.39, 0.29) is 18.0 Å². The van der Waals surface area contributed by atoms with Crippen molar-refractivity contribution in [2.45, 2.75) is 85.1 Å². The Hall–Kier alpha value is -3.00. The summed E-state index contributed by atoms with van der Waals surface area (Å²) in [5.74, 6) is 1.07. The Labute approximate surface area is 219 Å². The van der Waals surface area contributed by atoms with Crippen LogP contribution in [0.1, 0.15) is 77.8 Å². The molecule has 2 aliphatic rings. The molecule has 2 unspecified atom stereocenters. The van der Waals surface area contributed by atoms with Gasteiger partial charge in [0.25, 0.3) is 11.5 Å². The minimum Gasteiger partial charge on any atom is -0.496 e. The quantitative estimate of drug-likeness (QED) is 0.534. The summed E-state index contributed by atoms with van der Waals surface area (Å²) in [6.45, 7) is 10.7. The third kappa shape index (κ3) is 5.08. The number of hydrogen-bond donors (Lipinski definition) is 1. The van der Waals surface area contributed by atoms with Crippen LogP contribution in [0.2, 0.25) is 0 Å². The lowest BCUT2D eigenvalue weighted by molar-refractivity contribution is -0.0708. The molecule has 0 spiro atoms. The molecule has 2 aromatic rings. The molecule has 1 aromatic heterocycles. The molecule has 1 aromatic carbocycles. The van der Waals surface area contributed by atoms with Crippen LogP contribution in [0.3, 0.4) is 0 Å². The maximum atomic E-state index is 13.7. The fraction of sp³-hybridized carbons (Fsp3) is 0.586. The minimum atomic E-state index is -0.752. The zero-order chi connectivity index (χ0) is 27.1. The number of hydrogen-bond acceptors (Lipinski definition) is 6. The van der Waals surface area contributed by atoms with Gasteiger partial charge in [0.15, 0.2) is 11.5 Å². The van der Waals surface area contributed by atoms with Crippen LogP contribution in [0.5, 0.6) is 17.2 Å². The average Bonchev–Trinajstić information content (AvgIpc) is 3.20. The molecule has 202 valence electrons. The summed E-state index contributed by atoms with van der Waals surface area (Å²) in [6, 6.07) is 2.32. The van der Waals surface area contributed by atoms with Gasteiger partial charge in [0.05, 0.1) is 19.2 Å². The van der Waals surface area contributed by atoms with Crippen LogP contribution in [0.15, 0.2) is 10.9 Å². The number of carbonyl (C=O) groups is 1. The Bertz CT molecular complexity index is 1250. The van der Waals surface area contributed by atoms with Crippen molar-refractivity contribution >= 4 is 5.91 Å². The van der Waals surface area contributed by atoms with Crippen molar-refractivity contribution in [2.24, 2.45) is 0 Å². The van der Waals surface area contributed by atoms with E-state index in [4.69, 9.17) is 14.2 Å². The van der Waals surface area contributed by atoms with Gasteiger partial charge < -0.3 is 29.0 Å². The first-order chi connectivity index (χ1) is 17.5. The summed E-state index contributed by atoms with van der Waals surface area (Å²) >= 11 is 0. The number of H-pyrrole nitrogens is 1. The van der Waals surface area contributed by atoms with Crippen LogP contribution in [-0.4, -0.2) is 60.3 Å². The number of ether oxygens (including phenoxy) is 3. The van der Waals surface area contributed by atoms with E-state index in [9.17, 15) is 9.59 Å². The number of pyridine rings is 1. The molecule has 1 amide bonds. The molecule has 0 saturated heterocycles. The van der Waals surface area contributed by atoms with Crippen molar-refractivity contribution < 1.29 is 19.0 Å². The third-order valence-electron chi connectivity index (χ3n) is 7.95. The first-order valence-corrected chi connectivity index (χ1v) is 13.3. The second-order valence-electron chi connectivity index (χ2n) is 10.8. The topological polar surface area (TPSA) is 84.1 Å². The summed E-state index contributed by atoms with van der Waals surface area (Å²) in [6.07, 6.45) is 4.62. The predicted molar refractivity (Wildman–Crippen MR) is 144 cm³/mol. The summed E-state index contributed by atoms with van der Waals surface area (Å²) in [5.41, 5.74) is 4.39. The maximum absolute atomic E-state index is 13.7. The lowest BCUT2D eigenvalue weighted by Gasteiger charge is -2.31. The fourth-order valence-electron chi connectivity index (χ4n) is 5.76. The number of nitrogens with one attached hydrogen (secondary N) is 1. The number of aryl methyl sites for hydroxylation is 1. The van der Waals surface area contributed by atoms with Crippen LogP contribution in [-0.2, 0) is 13.0 Å². The Morgan fingerprint density at radius 1 is 1.16 bits per heavy atom. The SMILES string of the molecule is CCC(CCCC1(C)Oc2c(C)c3c(c(C)c2O1)C(=O)N(Cc1c(OC)cc(C)[nH]c1=O)CC3)N(C)C. The zero-order valence-electron chi connectivity index (χ0n) is 23.5. The van der Waals surface area contributed by atoms with Gasteiger partial charge in [-0.1, -0.05) is 6.92 Å². The average molecular weight is 512 g/mol. The van der Waals surface area contributed by atoms with Gasteiger partial charge in [0.2, 0.25) is 5.79 Å². The number of aromatic amines is 1. The largest absolute Gasteiger partial charge is 0.496 e. The molecule has 0 saturated carbocycles. The highest BCUT2D eigenvalue weighted by Crippen LogP contribution is 2.49. The molecule has 0 radical (unpaired) electrons. The van der Waals surface area contributed by atoms with E-state index in [0.717, 1.165) is 53.8 Å². The van der Waals surface area contributed by atoms with Gasteiger partial charge in [0, 0.05) is 42.8 Å². The lowest BCUT2D eigenvalue weighted by Crippen LogP contribution is -2.39. The lowest BCUT2D eigenvalue weighted by atomic mass is 9.89. The van der Waals surface area contributed by atoms with Gasteiger partial charge >= 0.3 is 0 Å². The highest BCUT2D eigenvalue weighted by Gasteiger charge is 2.42. The molecule has 2 aliphatic heterocycles. The summed E-state index contributed by atoms with van der Waals surface area (Å²) in [7, 11) is 5.78. The minimum absolute atomic E-state index is 0.0966. The second kappa shape index (κ2) is 10.4. The maximum Gasteiger partial charge on any atom is 0.256 e. The van der Waals surface area contributed by atoms with Crippen LogP contribution >= 0.6 is 0 Å². The molecular formula is C29H41N3O5. The molecule has 4 rings (SSSR count). The highest BCUT2D eigenvalue weighted by molar-refractivity contribution is 6.00. The monoisotopic (exact) mass is 511 g/mol. The molecule has 0 fully saturated rings. The van der Waals surface area contributed by atoms with Crippen molar-refractivity contribution in [2.75, 3.05) is 27.7 Å². The van der Waals surface area contributed by atoms with Gasteiger partial charge in [-0.2, -0.15) is 0 Å². The van der Waals surface area contributed by atoms with Crippen LogP contribution < -0.4 is 19.8 Å². The summed E-state index contributed by atoms with van der Waals surface area (Å²) in [5, 5.41) is 0. The zero-order valence-corrected chi connectivity index (χ0v) is 23.5. The van der Waals surface area contributed by atoms with Crippen molar-refractivity contribution in [1.82, 2.24) is 14.8 Å². The van der Waals surface area contributed by atoms with Crippen LogP contribution in [0.25, 0.3) is 0 Å². The molecule has 8 nitrogen and oxygen atoms in total. The summed E-state index contributed by atoms with van der Waals surface area (Å²) < 4.78 is 18.3. The molecule has 1 N–H and O–H groups in total. The fourth-order valence-corrected chi connectivity index (χ4v) is 5.76. The Balaban J connectivity index is 1.58. The van der Waals surface area contributed by atoms with Gasteiger partial charge in [-0.25, -0.2) is 0 Å². The third-order valence-corrected chi connectivity index (χ3v) is 7.95. The Morgan fingerprint density at radius 3 is 2.46 bits per heavy atom. The van der Waals surface area contributed by atoms with Gasteiger partial charge in [-0.3, -0.25) is 9.59 Å². The van der Waals surface area contributed by atoms with Crippen molar-refractivity contribution in [1.29, 1.82) is 0 Å². The van der Waals surface area contributed by atoms with E-state index in [1.165, 1.54) is 0 Å². The van der Waals surface area contributed by atoms with E-state index >= 15 is 0 Å². The van der Waals surface area contributed by atoms with Crippen molar-refractivity contribution in [3.05, 3.63) is 49.9 Å².